The van der Waals surface area contributed by atoms with Crippen LogP contribution in [0.3, 0.4) is 0 Å². The summed E-state index contributed by atoms with van der Waals surface area (Å²) in [7, 11) is 0. The fourth-order valence-electron chi connectivity index (χ4n) is 3.53. The highest BCUT2D eigenvalue weighted by atomic mass is 19.1. The summed E-state index contributed by atoms with van der Waals surface area (Å²) in [5.74, 6) is 13.5. The minimum absolute atomic E-state index is 0.283. The van der Waals surface area contributed by atoms with Gasteiger partial charge in [0.25, 0.3) is 0 Å². The molecule has 0 aliphatic heterocycles. The van der Waals surface area contributed by atoms with E-state index < -0.39 is 0 Å². The summed E-state index contributed by atoms with van der Waals surface area (Å²) >= 11 is 0. The van der Waals surface area contributed by atoms with Crippen molar-refractivity contribution in [2.24, 2.45) is 11.8 Å². The first-order valence-corrected chi connectivity index (χ1v) is 9.83. The third-order valence-corrected chi connectivity index (χ3v) is 5.67. The lowest BCUT2D eigenvalue weighted by atomic mass is 9.83. The minimum Gasteiger partial charge on any atom is -0.206 e. The van der Waals surface area contributed by atoms with E-state index in [1.54, 1.807) is 6.07 Å². The smallest absolute Gasteiger partial charge is 0.140 e. The molecule has 0 heterocycles. The fourth-order valence-corrected chi connectivity index (χ4v) is 3.53. The molecule has 0 unspecified atom stereocenters. The SMILES string of the molecule is Cc1cc(C#Cc2ccc(C#CC3CCC(C)CC3)c(F)c2)cc(C)c1C. The number of hydrogen-bond acceptors (Lipinski definition) is 0. The number of aryl methyl sites for hydroxylation is 2. The maximum atomic E-state index is 14.4. The molecule has 0 aromatic heterocycles. The highest BCUT2D eigenvalue weighted by Gasteiger charge is 2.16. The summed E-state index contributed by atoms with van der Waals surface area (Å²) in [6.45, 7) is 8.59. The molecule has 0 nitrogen and oxygen atoms in total. The molecule has 27 heavy (non-hydrogen) atoms. The van der Waals surface area contributed by atoms with Gasteiger partial charge in [-0.25, -0.2) is 4.39 Å². The molecular formula is C26H27F. The highest BCUT2D eigenvalue weighted by molar-refractivity contribution is 5.49. The van der Waals surface area contributed by atoms with Gasteiger partial charge in [-0.3, -0.25) is 0 Å². The Balaban J connectivity index is 1.75. The Morgan fingerprint density at radius 1 is 0.815 bits per heavy atom. The third-order valence-electron chi connectivity index (χ3n) is 5.67. The molecule has 2 aromatic rings. The average molecular weight is 359 g/mol. The van der Waals surface area contributed by atoms with Crippen LogP contribution < -0.4 is 0 Å². The second-order valence-electron chi connectivity index (χ2n) is 7.91. The Morgan fingerprint density at radius 3 is 2.07 bits per heavy atom. The third kappa shape index (κ3) is 5.02. The van der Waals surface area contributed by atoms with Gasteiger partial charge < -0.3 is 0 Å². The van der Waals surface area contributed by atoms with Crippen molar-refractivity contribution in [3.8, 4) is 23.7 Å². The zero-order valence-corrected chi connectivity index (χ0v) is 16.7. The van der Waals surface area contributed by atoms with Crippen molar-refractivity contribution < 1.29 is 4.39 Å². The molecule has 0 atom stereocenters. The van der Waals surface area contributed by atoms with Gasteiger partial charge in [0.2, 0.25) is 0 Å². The lowest BCUT2D eigenvalue weighted by molar-refractivity contribution is 0.337. The van der Waals surface area contributed by atoms with E-state index in [1.165, 1.54) is 35.6 Å². The lowest BCUT2D eigenvalue weighted by Crippen LogP contribution is -2.10. The van der Waals surface area contributed by atoms with E-state index in [9.17, 15) is 4.39 Å². The normalized spacial score (nSPS) is 18.9. The second kappa shape index (κ2) is 8.45. The van der Waals surface area contributed by atoms with Gasteiger partial charge in [0.15, 0.2) is 0 Å². The highest BCUT2D eigenvalue weighted by Crippen LogP contribution is 2.27. The van der Waals surface area contributed by atoms with E-state index in [4.69, 9.17) is 0 Å². The number of rotatable bonds is 0. The molecule has 0 amide bonds. The van der Waals surface area contributed by atoms with Crippen LogP contribution in [0, 0.1) is 62.1 Å². The number of halogens is 1. The van der Waals surface area contributed by atoms with Crippen molar-refractivity contribution in [1.82, 2.24) is 0 Å². The first-order chi connectivity index (χ1) is 12.9. The molecule has 0 saturated heterocycles. The van der Waals surface area contributed by atoms with Crippen LogP contribution in [-0.4, -0.2) is 0 Å². The Bertz CT molecular complexity index is 928. The summed E-state index contributed by atoms with van der Waals surface area (Å²) in [6, 6.07) is 9.27. The van der Waals surface area contributed by atoms with Crippen molar-refractivity contribution in [3.63, 3.8) is 0 Å². The Labute approximate surface area is 163 Å². The van der Waals surface area contributed by atoms with Gasteiger partial charge in [-0.1, -0.05) is 30.6 Å². The van der Waals surface area contributed by atoms with E-state index >= 15 is 0 Å². The Morgan fingerprint density at radius 2 is 1.44 bits per heavy atom. The van der Waals surface area contributed by atoms with Gasteiger partial charge in [-0.05, 0) is 99.4 Å². The quantitative estimate of drug-likeness (QED) is 0.483. The van der Waals surface area contributed by atoms with Gasteiger partial charge in [0.05, 0.1) is 5.56 Å². The van der Waals surface area contributed by atoms with Crippen LogP contribution in [0.2, 0.25) is 0 Å². The van der Waals surface area contributed by atoms with Crippen molar-refractivity contribution in [2.45, 2.75) is 53.4 Å². The molecular weight excluding hydrogens is 331 g/mol. The minimum atomic E-state index is -0.283. The number of benzene rings is 2. The van der Waals surface area contributed by atoms with Crippen LogP contribution in [0.4, 0.5) is 4.39 Å². The van der Waals surface area contributed by atoms with Crippen molar-refractivity contribution in [1.29, 1.82) is 0 Å². The summed E-state index contributed by atoms with van der Waals surface area (Å²) in [4.78, 5) is 0. The predicted molar refractivity (Wildman–Crippen MR) is 111 cm³/mol. The number of hydrogen-bond donors (Lipinski definition) is 0. The van der Waals surface area contributed by atoms with Crippen molar-refractivity contribution >= 4 is 0 Å². The molecule has 1 saturated carbocycles. The van der Waals surface area contributed by atoms with Crippen molar-refractivity contribution in [2.75, 3.05) is 0 Å². The molecule has 0 spiro atoms. The molecule has 0 bridgehead atoms. The maximum absolute atomic E-state index is 14.4. The van der Waals surface area contributed by atoms with Gasteiger partial charge in [-0.2, -0.15) is 0 Å². The molecule has 2 aromatic carbocycles. The van der Waals surface area contributed by atoms with Crippen LogP contribution in [0.1, 0.15) is 66.0 Å². The van der Waals surface area contributed by atoms with Crippen LogP contribution in [0.5, 0.6) is 0 Å². The topological polar surface area (TPSA) is 0 Å². The summed E-state index contributed by atoms with van der Waals surface area (Å²) < 4.78 is 14.4. The van der Waals surface area contributed by atoms with Crippen LogP contribution >= 0.6 is 0 Å². The lowest BCUT2D eigenvalue weighted by Gasteiger charge is -2.21. The zero-order valence-electron chi connectivity index (χ0n) is 16.7. The maximum Gasteiger partial charge on any atom is 0.140 e. The molecule has 138 valence electrons. The van der Waals surface area contributed by atoms with E-state index in [2.05, 4.69) is 63.5 Å². The first kappa shape index (κ1) is 19.3. The van der Waals surface area contributed by atoms with Gasteiger partial charge in [-0.15, -0.1) is 0 Å². The first-order valence-electron chi connectivity index (χ1n) is 9.83. The zero-order chi connectivity index (χ0) is 19.4. The van der Waals surface area contributed by atoms with E-state index in [1.807, 2.05) is 6.07 Å². The summed E-state index contributed by atoms with van der Waals surface area (Å²) in [6.07, 6.45) is 4.73. The Kier molecular flexibility index (Phi) is 6.03. The summed E-state index contributed by atoms with van der Waals surface area (Å²) in [5.41, 5.74) is 5.87. The molecule has 0 N–H and O–H groups in total. The van der Waals surface area contributed by atoms with Gasteiger partial charge >= 0.3 is 0 Å². The molecule has 3 rings (SSSR count). The second-order valence-corrected chi connectivity index (χ2v) is 7.91. The predicted octanol–water partition coefficient (Wildman–Crippen LogP) is 6.33. The summed E-state index contributed by atoms with van der Waals surface area (Å²) in [5, 5.41) is 0. The molecule has 1 fully saturated rings. The van der Waals surface area contributed by atoms with E-state index in [-0.39, 0.29) is 5.82 Å². The molecule has 1 heteroatoms. The van der Waals surface area contributed by atoms with E-state index in [0.29, 0.717) is 17.0 Å². The van der Waals surface area contributed by atoms with Crippen molar-refractivity contribution in [3.05, 3.63) is 69.5 Å². The van der Waals surface area contributed by atoms with Crippen LogP contribution in [-0.2, 0) is 0 Å². The standard InChI is InChI=1S/C26H27F/c1-18-5-7-22(8-6-18)11-13-25-14-12-23(17-26(25)27)9-10-24-15-19(2)21(4)20(3)16-24/h12,14-18,22H,5-8H2,1-4H3. The van der Waals surface area contributed by atoms with Gasteiger partial charge in [0.1, 0.15) is 5.82 Å². The van der Waals surface area contributed by atoms with Crippen LogP contribution in [0.25, 0.3) is 0 Å². The molecule has 1 aliphatic rings. The van der Waals surface area contributed by atoms with Crippen LogP contribution in [0.15, 0.2) is 30.3 Å². The monoisotopic (exact) mass is 358 g/mol. The molecule has 1 aliphatic carbocycles. The molecule has 0 radical (unpaired) electrons. The average Bonchev–Trinajstić information content (AvgIpc) is 2.65. The fraction of sp³-hybridized carbons (Fsp3) is 0.385. The Hall–Kier alpha value is -2.51. The van der Waals surface area contributed by atoms with Gasteiger partial charge in [0, 0.05) is 17.0 Å². The largest absolute Gasteiger partial charge is 0.206 e. The van der Waals surface area contributed by atoms with E-state index in [0.717, 1.165) is 24.3 Å².